The minimum absolute atomic E-state index is 0.523. The second-order valence-electron chi connectivity index (χ2n) is 8.07. The van der Waals surface area contributed by atoms with Gasteiger partial charge in [-0.3, -0.25) is 0 Å². The standard InChI is InChI=1S/C26H30/c1-17(2)23-13-7-19(5)15-25(23)21-9-11-22(12-10-21)26-16-20(6)8-14-24(26)18(3)4/h7-18H,1-6H3. The Hall–Kier alpha value is -2.34. The summed E-state index contributed by atoms with van der Waals surface area (Å²) in [6.45, 7) is 13.4. The van der Waals surface area contributed by atoms with Crippen LogP contribution >= 0.6 is 0 Å². The van der Waals surface area contributed by atoms with Crippen molar-refractivity contribution in [3.8, 4) is 22.3 Å². The third-order valence-corrected chi connectivity index (χ3v) is 5.17. The summed E-state index contributed by atoms with van der Waals surface area (Å²) in [6, 6.07) is 22.7. The maximum atomic E-state index is 2.32. The van der Waals surface area contributed by atoms with Crippen molar-refractivity contribution in [3.63, 3.8) is 0 Å². The van der Waals surface area contributed by atoms with E-state index in [-0.39, 0.29) is 0 Å². The molecule has 3 aromatic carbocycles. The van der Waals surface area contributed by atoms with Gasteiger partial charge in [-0.25, -0.2) is 0 Å². The lowest BCUT2D eigenvalue weighted by molar-refractivity contribution is 0.868. The predicted octanol–water partition coefficient (Wildman–Crippen LogP) is 7.88. The molecule has 0 heterocycles. The first-order valence-electron chi connectivity index (χ1n) is 9.68. The van der Waals surface area contributed by atoms with Crippen LogP contribution in [0.1, 0.15) is 61.8 Å². The quantitative estimate of drug-likeness (QED) is 0.452. The third-order valence-electron chi connectivity index (χ3n) is 5.17. The minimum Gasteiger partial charge on any atom is -0.0590 e. The summed E-state index contributed by atoms with van der Waals surface area (Å²) in [5.41, 5.74) is 10.8. The van der Waals surface area contributed by atoms with E-state index in [9.17, 15) is 0 Å². The molecule has 0 heteroatoms. The Morgan fingerprint density at radius 1 is 0.500 bits per heavy atom. The molecule has 0 aromatic heterocycles. The van der Waals surface area contributed by atoms with Crippen LogP contribution in [0.4, 0.5) is 0 Å². The molecule has 0 aliphatic heterocycles. The van der Waals surface area contributed by atoms with Gasteiger partial charge in [-0.2, -0.15) is 0 Å². The van der Waals surface area contributed by atoms with Gasteiger partial charge in [0.25, 0.3) is 0 Å². The number of hydrogen-bond donors (Lipinski definition) is 0. The average molecular weight is 343 g/mol. The molecule has 0 saturated heterocycles. The molecule has 3 rings (SSSR count). The van der Waals surface area contributed by atoms with Crippen molar-refractivity contribution < 1.29 is 0 Å². The van der Waals surface area contributed by atoms with E-state index in [0.717, 1.165) is 0 Å². The highest BCUT2D eigenvalue weighted by Crippen LogP contribution is 2.34. The van der Waals surface area contributed by atoms with Crippen molar-refractivity contribution in [3.05, 3.63) is 82.9 Å². The molecule has 3 aromatic rings. The summed E-state index contributed by atoms with van der Waals surface area (Å²) in [6.07, 6.45) is 0. The summed E-state index contributed by atoms with van der Waals surface area (Å²) in [7, 11) is 0. The Balaban J connectivity index is 2.06. The van der Waals surface area contributed by atoms with Gasteiger partial charge in [0.05, 0.1) is 0 Å². The highest BCUT2D eigenvalue weighted by atomic mass is 14.2. The van der Waals surface area contributed by atoms with Crippen LogP contribution in [-0.2, 0) is 0 Å². The summed E-state index contributed by atoms with van der Waals surface area (Å²) < 4.78 is 0. The first-order chi connectivity index (χ1) is 12.4. The number of aryl methyl sites for hydroxylation is 2. The Bertz CT molecular complexity index is 819. The molecule has 0 amide bonds. The normalized spacial score (nSPS) is 11.4. The fourth-order valence-electron chi connectivity index (χ4n) is 3.68. The second kappa shape index (κ2) is 7.50. The van der Waals surface area contributed by atoms with Crippen LogP contribution in [0.15, 0.2) is 60.7 Å². The van der Waals surface area contributed by atoms with Gasteiger partial charge < -0.3 is 0 Å². The van der Waals surface area contributed by atoms with Crippen LogP contribution in [0.2, 0.25) is 0 Å². The molecule has 0 spiro atoms. The van der Waals surface area contributed by atoms with E-state index in [2.05, 4.69) is 102 Å². The first kappa shape index (κ1) is 18.5. The average Bonchev–Trinajstić information content (AvgIpc) is 2.61. The molecule has 26 heavy (non-hydrogen) atoms. The van der Waals surface area contributed by atoms with Crippen molar-refractivity contribution in [2.45, 2.75) is 53.4 Å². The van der Waals surface area contributed by atoms with Gasteiger partial charge in [-0.15, -0.1) is 0 Å². The lowest BCUT2D eigenvalue weighted by Gasteiger charge is -2.16. The molecule has 134 valence electrons. The van der Waals surface area contributed by atoms with Crippen LogP contribution in [0.5, 0.6) is 0 Å². The second-order valence-corrected chi connectivity index (χ2v) is 8.07. The largest absolute Gasteiger partial charge is 0.0590 e. The minimum atomic E-state index is 0.523. The van der Waals surface area contributed by atoms with Crippen LogP contribution in [-0.4, -0.2) is 0 Å². The predicted molar refractivity (Wildman–Crippen MR) is 115 cm³/mol. The van der Waals surface area contributed by atoms with Crippen molar-refractivity contribution in [2.75, 3.05) is 0 Å². The zero-order chi connectivity index (χ0) is 18.8. The van der Waals surface area contributed by atoms with Crippen molar-refractivity contribution in [1.82, 2.24) is 0 Å². The van der Waals surface area contributed by atoms with E-state index in [1.807, 2.05) is 0 Å². The lowest BCUT2D eigenvalue weighted by Crippen LogP contribution is -1.95. The Kier molecular flexibility index (Phi) is 5.32. The number of rotatable bonds is 4. The zero-order valence-electron chi connectivity index (χ0n) is 16.9. The molecule has 0 nitrogen and oxygen atoms in total. The molecule has 0 atom stereocenters. The molecular formula is C26H30. The number of benzene rings is 3. The fraction of sp³-hybridized carbons (Fsp3) is 0.308. The van der Waals surface area contributed by atoms with Gasteiger partial charge in [0.1, 0.15) is 0 Å². The monoisotopic (exact) mass is 342 g/mol. The molecular weight excluding hydrogens is 312 g/mol. The van der Waals surface area contributed by atoms with Crippen LogP contribution in [0.3, 0.4) is 0 Å². The maximum absolute atomic E-state index is 2.32. The van der Waals surface area contributed by atoms with Gasteiger partial charge in [0, 0.05) is 0 Å². The topological polar surface area (TPSA) is 0 Å². The molecule has 0 radical (unpaired) electrons. The van der Waals surface area contributed by atoms with E-state index in [4.69, 9.17) is 0 Å². The van der Waals surface area contributed by atoms with Gasteiger partial charge in [-0.05, 0) is 59.1 Å². The maximum Gasteiger partial charge on any atom is -0.0147 e. The van der Waals surface area contributed by atoms with Gasteiger partial charge >= 0.3 is 0 Å². The summed E-state index contributed by atoms with van der Waals surface area (Å²) in [5, 5.41) is 0. The first-order valence-corrected chi connectivity index (χ1v) is 9.68. The Morgan fingerprint density at radius 2 is 0.846 bits per heavy atom. The molecule has 0 aliphatic rings. The summed E-state index contributed by atoms with van der Waals surface area (Å²) >= 11 is 0. The van der Waals surface area contributed by atoms with E-state index in [1.54, 1.807) is 0 Å². The third kappa shape index (κ3) is 3.75. The highest BCUT2D eigenvalue weighted by molar-refractivity contribution is 5.75. The van der Waals surface area contributed by atoms with Crippen molar-refractivity contribution in [2.24, 2.45) is 0 Å². The van der Waals surface area contributed by atoms with E-state index < -0.39 is 0 Å². The van der Waals surface area contributed by atoms with Crippen molar-refractivity contribution in [1.29, 1.82) is 0 Å². The van der Waals surface area contributed by atoms with Crippen LogP contribution in [0, 0.1) is 13.8 Å². The Morgan fingerprint density at radius 3 is 1.15 bits per heavy atom. The lowest BCUT2D eigenvalue weighted by atomic mass is 9.88. The summed E-state index contributed by atoms with van der Waals surface area (Å²) in [5.74, 6) is 1.05. The van der Waals surface area contributed by atoms with Crippen LogP contribution < -0.4 is 0 Å². The van der Waals surface area contributed by atoms with Gasteiger partial charge in [0.15, 0.2) is 0 Å². The molecule has 0 N–H and O–H groups in total. The molecule has 0 saturated carbocycles. The summed E-state index contributed by atoms with van der Waals surface area (Å²) in [4.78, 5) is 0. The molecule has 0 bridgehead atoms. The highest BCUT2D eigenvalue weighted by Gasteiger charge is 2.12. The number of hydrogen-bond acceptors (Lipinski definition) is 0. The van der Waals surface area contributed by atoms with Gasteiger partial charge in [-0.1, -0.05) is 99.5 Å². The molecule has 0 unspecified atom stereocenters. The van der Waals surface area contributed by atoms with E-state index >= 15 is 0 Å². The zero-order valence-corrected chi connectivity index (χ0v) is 16.9. The fourth-order valence-corrected chi connectivity index (χ4v) is 3.68. The van der Waals surface area contributed by atoms with E-state index in [1.165, 1.54) is 44.5 Å². The van der Waals surface area contributed by atoms with E-state index in [0.29, 0.717) is 11.8 Å². The van der Waals surface area contributed by atoms with Crippen molar-refractivity contribution >= 4 is 0 Å². The van der Waals surface area contributed by atoms with Gasteiger partial charge in [0.2, 0.25) is 0 Å². The smallest absolute Gasteiger partial charge is 0.0147 e. The Labute approximate surface area is 158 Å². The van der Waals surface area contributed by atoms with Crippen LogP contribution in [0.25, 0.3) is 22.3 Å². The molecule has 0 fully saturated rings. The SMILES string of the molecule is Cc1ccc(C(C)C)c(-c2ccc(-c3cc(C)ccc3C(C)C)cc2)c1. The molecule has 0 aliphatic carbocycles.